The van der Waals surface area contributed by atoms with E-state index < -0.39 is 0 Å². The van der Waals surface area contributed by atoms with Crippen molar-refractivity contribution in [3.05, 3.63) is 11.9 Å². The predicted octanol–water partition coefficient (Wildman–Crippen LogP) is 1.31. The van der Waals surface area contributed by atoms with E-state index in [1.807, 2.05) is 27.9 Å². The monoisotopic (exact) mass is 207 g/mol. The van der Waals surface area contributed by atoms with Gasteiger partial charge in [0.05, 0.1) is 0 Å². The van der Waals surface area contributed by atoms with Gasteiger partial charge in [-0.2, -0.15) is 5.26 Å². The number of hydrogen-bond acceptors (Lipinski definition) is 3. The van der Waals surface area contributed by atoms with Gasteiger partial charge in [0.25, 0.3) is 0 Å². The van der Waals surface area contributed by atoms with Crippen LogP contribution in [-0.2, 0) is 4.79 Å². The van der Waals surface area contributed by atoms with Gasteiger partial charge in [-0.05, 0) is 20.3 Å². The molecule has 0 spiro atoms. The molecule has 0 N–H and O–H groups in total. The summed E-state index contributed by atoms with van der Waals surface area (Å²) < 4.78 is 0. The van der Waals surface area contributed by atoms with E-state index in [2.05, 4.69) is 6.07 Å². The van der Waals surface area contributed by atoms with Gasteiger partial charge in [-0.15, -0.1) is 0 Å². The molecule has 1 aliphatic heterocycles. The molecule has 1 saturated heterocycles. The van der Waals surface area contributed by atoms with E-state index in [4.69, 9.17) is 5.26 Å². The summed E-state index contributed by atoms with van der Waals surface area (Å²) in [6.07, 6.45) is 3.02. The van der Waals surface area contributed by atoms with Crippen molar-refractivity contribution >= 4 is 5.91 Å². The van der Waals surface area contributed by atoms with Crippen molar-refractivity contribution in [1.82, 2.24) is 9.80 Å². The van der Waals surface area contributed by atoms with Gasteiger partial charge in [-0.3, -0.25) is 9.69 Å². The largest absolute Gasteiger partial charge is 0.381 e. The Bertz CT molecular complexity index is 336. The molecule has 1 aliphatic rings. The molecule has 4 heteroatoms. The van der Waals surface area contributed by atoms with Crippen molar-refractivity contribution in [2.45, 2.75) is 32.2 Å². The molecule has 15 heavy (non-hydrogen) atoms. The fourth-order valence-electron chi connectivity index (χ4n) is 1.82. The number of nitriles is 1. The second-order valence-corrected chi connectivity index (χ2v) is 4.63. The summed E-state index contributed by atoms with van der Waals surface area (Å²) in [4.78, 5) is 15.1. The highest BCUT2D eigenvalue weighted by molar-refractivity contribution is 5.82. The summed E-state index contributed by atoms with van der Waals surface area (Å²) >= 11 is 0. The Kier molecular flexibility index (Phi) is 3.04. The summed E-state index contributed by atoms with van der Waals surface area (Å²) in [5, 5.41) is 9.05. The van der Waals surface area contributed by atoms with Crippen LogP contribution >= 0.6 is 0 Å². The zero-order valence-electron chi connectivity index (χ0n) is 9.74. The maximum atomic E-state index is 11.7. The first kappa shape index (κ1) is 11.6. The molecule has 1 fully saturated rings. The minimum Gasteiger partial charge on any atom is -0.381 e. The second kappa shape index (κ2) is 3.93. The second-order valence-electron chi connectivity index (χ2n) is 4.63. The van der Waals surface area contributed by atoms with Crippen LogP contribution in [0.15, 0.2) is 11.9 Å². The lowest BCUT2D eigenvalue weighted by atomic mass is 10.0. The quantitative estimate of drug-likeness (QED) is 0.641. The summed E-state index contributed by atoms with van der Waals surface area (Å²) in [5.74, 6) is 0.0367. The SMILES string of the molecule is CN(C)C=C(C#N)N1C(=O)CCC1(C)C. The van der Waals surface area contributed by atoms with Crippen molar-refractivity contribution < 1.29 is 4.79 Å². The van der Waals surface area contributed by atoms with Crippen LogP contribution in [0, 0.1) is 11.3 Å². The number of carbonyl (C=O) groups is 1. The van der Waals surface area contributed by atoms with Crippen molar-refractivity contribution in [3.8, 4) is 6.07 Å². The highest BCUT2D eigenvalue weighted by Crippen LogP contribution is 2.32. The van der Waals surface area contributed by atoms with E-state index in [0.29, 0.717) is 12.1 Å². The van der Waals surface area contributed by atoms with Crippen LogP contribution in [0.4, 0.5) is 0 Å². The fraction of sp³-hybridized carbons (Fsp3) is 0.636. The maximum Gasteiger partial charge on any atom is 0.228 e. The van der Waals surface area contributed by atoms with Crippen molar-refractivity contribution in [1.29, 1.82) is 5.26 Å². The van der Waals surface area contributed by atoms with Gasteiger partial charge < -0.3 is 4.90 Å². The molecule has 0 bridgehead atoms. The van der Waals surface area contributed by atoms with E-state index in [1.54, 1.807) is 16.0 Å². The third kappa shape index (κ3) is 2.30. The summed E-state index contributed by atoms with van der Waals surface area (Å²) in [6, 6.07) is 2.09. The first-order valence-electron chi connectivity index (χ1n) is 5.00. The Balaban J connectivity index is 3.04. The molecule has 1 rings (SSSR count). The number of nitrogens with zero attached hydrogens (tertiary/aromatic N) is 3. The first-order valence-corrected chi connectivity index (χ1v) is 5.00. The van der Waals surface area contributed by atoms with Gasteiger partial charge in [0.1, 0.15) is 11.8 Å². The molecule has 1 heterocycles. The lowest BCUT2D eigenvalue weighted by molar-refractivity contribution is -0.128. The molecule has 0 aromatic carbocycles. The van der Waals surface area contributed by atoms with E-state index in [9.17, 15) is 4.79 Å². The van der Waals surface area contributed by atoms with Crippen LogP contribution in [0.1, 0.15) is 26.7 Å². The van der Waals surface area contributed by atoms with Gasteiger partial charge in [-0.1, -0.05) is 0 Å². The number of allylic oxidation sites excluding steroid dienone is 1. The molecular weight excluding hydrogens is 190 g/mol. The lowest BCUT2D eigenvalue weighted by Gasteiger charge is -2.31. The van der Waals surface area contributed by atoms with E-state index >= 15 is 0 Å². The van der Waals surface area contributed by atoms with Gasteiger partial charge in [-0.25, -0.2) is 0 Å². The van der Waals surface area contributed by atoms with Gasteiger partial charge in [0.2, 0.25) is 5.91 Å². The Hall–Kier alpha value is -1.50. The van der Waals surface area contributed by atoms with E-state index in [-0.39, 0.29) is 11.4 Å². The van der Waals surface area contributed by atoms with Crippen LogP contribution in [0.5, 0.6) is 0 Å². The van der Waals surface area contributed by atoms with Crippen molar-refractivity contribution in [2.24, 2.45) is 0 Å². The molecule has 0 radical (unpaired) electrons. The number of rotatable bonds is 2. The molecule has 82 valence electrons. The van der Waals surface area contributed by atoms with E-state index in [0.717, 1.165) is 6.42 Å². The normalized spacial score (nSPS) is 20.3. The van der Waals surface area contributed by atoms with Gasteiger partial charge in [0, 0.05) is 32.3 Å². The zero-order valence-corrected chi connectivity index (χ0v) is 9.74. The topological polar surface area (TPSA) is 47.3 Å². The third-order valence-electron chi connectivity index (χ3n) is 2.54. The van der Waals surface area contributed by atoms with Gasteiger partial charge in [0.15, 0.2) is 0 Å². The number of carbonyl (C=O) groups excluding carboxylic acids is 1. The van der Waals surface area contributed by atoms with Crippen LogP contribution in [0.3, 0.4) is 0 Å². The van der Waals surface area contributed by atoms with Crippen LogP contribution in [-0.4, -0.2) is 35.3 Å². The summed E-state index contributed by atoms with van der Waals surface area (Å²) in [7, 11) is 3.68. The van der Waals surface area contributed by atoms with Crippen molar-refractivity contribution in [3.63, 3.8) is 0 Å². The number of hydrogen-bond donors (Lipinski definition) is 0. The zero-order chi connectivity index (χ0) is 11.6. The summed E-state index contributed by atoms with van der Waals surface area (Å²) in [6.45, 7) is 3.97. The molecule has 0 aromatic rings. The standard InChI is InChI=1S/C11H17N3O/c1-11(2)6-5-10(15)14(11)9(7-12)8-13(3)4/h8H,5-6H2,1-4H3. The first-order chi connectivity index (χ1) is 6.88. The van der Waals surface area contributed by atoms with Crippen LogP contribution in [0.25, 0.3) is 0 Å². The number of amides is 1. The molecule has 0 aliphatic carbocycles. The van der Waals surface area contributed by atoms with E-state index in [1.165, 1.54) is 0 Å². The molecule has 1 amide bonds. The predicted molar refractivity (Wildman–Crippen MR) is 57.5 cm³/mol. The Labute approximate surface area is 90.8 Å². The van der Waals surface area contributed by atoms with Gasteiger partial charge >= 0.3 is 0 Å². The highest BCUT2D eigenvalue weighted by atomic mass is 16.2. The molecule has 0 atom stereocenters. The third-order valence-corrected chi connectivity index (χ3v) is 2.54. The smallest absolute Gasteiger partial charge is 0.228 e. The highest BCUT2D eigenvalue weighted by Gasteiger charge is 2.39. The Morgan fingerprint density at radius 2 is 2.20 bits per heavy atom. The number of likely N-dealkylation sites (tertiary alicyclic amines) is 1. The average Bonchev–Trinajstić information content (AvgIpc) is 2.37. The Morgan fingerprint density at radius 1 is 1.60 bits per heavy atom. The molecular formula is C11H17N3O. The fourth-order valence-corrected chi connectivity index (χ4v) is 1.82. The molecule has 0 unspecified atom stereocenters. The average molecular weight is 207 g/mol. The molecule has 0 aromatic heterocycles. The summed E-state index contributed by atoms with van der Waals surface area (Å²) in [5.41, 5.74) is 0.182. The van der Waals surface area contributed by atoms with Crippen LogP contribution in [0.2, 0.25) is 0 Å². The molecule has 0 saturated carbocycles. The minimum absolute atomic E-state index is 0.0367. The van der Waals surface area contributed by atoms with Crippen LogP contribution < -0.4 is 0 Å². The lowest BCUT2D eigenvalue weighted by Crippen LogP contribution is -2.40. The Morgan fingerprint density at radius 3 is 2.53 bits per heavy atom. The molecule has 4 nitrogen and oxygen atoms in total. The van der Waals surface area contributed by atoms with Crippen molar-refractivity contribution in [2.75, 3.05) is 14.1 Å². The maximum absolute atomic E-state index is 11.7. The minimum atomic E-state index is -0.241.